The Bertz CT molecular complexity index is 131. The monoisotopic (exact) mass is 153 g/mol. The second kappa shape index (κ2) is 3.14. The highest BCUT2D eigenvalue weighted by atomic mass is 14.9. The Morgan fingerprint density at radius 3 is 2.73 bits per heavy atom. The summed E-state index contributed by atoms with van der Waals surface area (Å²) in [6, 6.07) is 0.882. The molecule has 1 heterocycles. The molecular formula is C10H19N. The molecule has 2 aliphatic rings. The molecule has 0 bridgehead atoms. The highest BCUT2D eigenvalue weighted by Gasteiger charge is 2.31. The second-order valence-electron chi connectivity index (χ2n) is 4.27. The summed E-state index contributed by atoms with van der Waals surface area (Å²) in [4.78, 5) is 0. The SMILES string of the molecule is C[C@H]1CCN[C@H]2CCCC[C@H]21. The standard InChI is InChI=1S/C10H19N/c1-8-6-7-11-10-5-3-2-4-9(8)10/h8-11H,2-7H2,1H3/t8-,9-,10-/m0/s1. The fourth-order valence-electron chi connectivity index (χ4n) is 2.80. The fourth-order valence-corrected chi connectivity index (χ4v) is 2.80. The predicted octanol–water partition coefficient (Wildman–Crippen LogP) is 2.17. The average Bonchev–Trinajstić information content (AvgIpc) is 2.06. The van der Waals surface area contributed by atoms with E-state index in [9.17, 15) is 0 Å². The first kappa shape index (κ1) is 7.60. The summed E-state index contributed by atoms with van der Waals surface area (Å²) < 4.78 is 0. The first-order valence-corrected chi connectivity index (χ1v) is 5.11. The van der Waals surface area contributed by atoms with Crippen molar-refractivity contribution in [2.24, 2.45) is 11.8 Å². The Morgan fingerprint density at radius 2 is 1.91 bits per heavy atom. The van der Waals surface area contributed by atoms with Gasteiger partial charge in [-0.15, -0.1) is 0 Å². The Morgan fingerprint density at radius 1 is 1.09 bits per heavy atom. The molecule has 0 unspecified atom stereocenters. The van der Waals surface area contributed by atoms with E-state index in [0.29, 0.717) is 0 Å². The van der Waals surface area contributed by atoms with Crippen LogP contribution in [-0.2, 0) is 0 Å². The van der Waals surface area contributed by atoms with Gasteiger partial charge in [-0.1, -0.05) is 19.8 Å². The first-order chi connectivity index (χ1) is 5.38. The van der Waals surface area contributed by atoms with Crippen LogP contribution in [0.2, 0.25) is 0 Å². The van der Waals surface area contributed by atoms with Crippen LogP contribution in [0.25, 0.3) is 0 Å². The largest absolute Gasteiger partial charge is 0.314 e. The molecule has 64 valence electrons. The molecule has 2 fully saturated rings. The lowest BCUT2D eigenvalue weighted by atomic mass is 9.74. The maximum absolute atomic E-state index is 3.65. The lowest BCUT2D eigenvalue weighted by Gasteiger charge is -2.40. The molecule has 1 N–H and O–H groups in total. The molecule has 1 aliphatic heterocycles. The van der Waals surface area contributed by atoms with Crippen molar-refractivity contribution in [1.29, 1.82) is 0 Å². The van der Waals surface area contributed by atoms with Gasteiger partial charge in [0, 0.05) is 6.04 Å². The van der Waals surface area contributed by atoms with Crippen LogP contribution in [0.3, 0.4) is 0 Å². The molecule has 0 spiro atoms. The summed E-state index contributed by atoms with van der Waals surface area (Å²) in [5, 5.41) is 3.65. The van der Waals surface area contributed by atoms with Crippen molar-refractivity contribution < 1.29 is 0 Å². The molecule has 0 aromatic carbocycles. The molecule has 1 saturated carbocycles. The highest BCUT2D eigenvalue weighted by molar-refractivity contribution is 4.87. The van der Waals surface area contributed by atoms with Gasteiger partial charge in [-0.3, -0.25) is 0 Å². The number of fused-ring (bicyclic) bond motifs is 1. The van der Waals surface area contributed by atoms with Crippen LogP contribution < -0.4 is 5.32 Å². The van der Waals surface area contributed by atoms with Crippen LogP contribution in [-0.4, -0.2) is 12.6 Å². The molecule has 1 nitrogen and oxygen atoms in total. The van der Waals surface area contributed by atoms with E-state index in [1.807, 2.05) is 0 Å². The van der Waals surface area contributed by atoms with Gasteiger partial charge in [0.2, 0.25) is 0 Å². The summed E-state index contributed by atoms with van der Waals surface area (Å²) in [6.45, 7) is 3.70. The molecule has 3 atom stereocenters. The predicted molar refractivity (Wildman–Crippen MR) is 47.5 cm³/mol. The van der Waals surface area contributed by atoms with Crippen molar-refractivity contribution in [3.8, 4) is 0 Å². The van der Waals surface area contributed by atoms with Gasteiger partial charge in [-0.05, 0) is 37.6 Å². The maximum atomic E-state index is 3.65. The normalized spacial score (nSPS) is 45.0. The van der Waals surface area contributed by atoms with Gasteiger partial charge in [-0.2, -0.15) is 0 Å². The molecule has 0 amide bonds. The van der Waals surface area contributed by atoms with E-state index in [-0.39, 0.29) is 0 Å². The van der Waals surface area contributed by atoms with Crippen molar-refractivity contribution in [3.05, 3.63) is 0 Å². The molecule has 1 aliphatic carbocycles. The number of hydrogen-bond donors (Lipinski definition) is 1. The topological polar surface area (TPSA) is 12.0 Å². The van der Waals surface area contributed by atoms with E-state index in [1.54, 1.807) is 0 Å². The molecule has 1 heteroatoms. The van der Waals surface area contributed by atoms with Crippen LogP contribution in [0.5, 0.6) is 0 Å². The van der Waals surface area contributed by atoms with Crippen LogP contribution in [0, 0.1) is 11.8 Å². The third kappa shape index (κ3) is 1.44. The zero-order valence-electron chi connectivity index (χ0n) is 7.47. The average molecular weight is 153 g/mol. The lowest BCUT2D eigenvalue weighted by molar-refractivity contribution is 0.151. The lowest BCUT2D eigenvalue weighted by Crippen LogP contribution is -2.46. The van der Waals surface area contributed by atoms with Gasteiger partial charge in [0.05, 0.1) is 0 Å². The van der Waals surface area contributed by atoms with E-state index in [2.05, 4.69) is 12.2 Å². The minimum atomic E-state index is 0.882. The van der Waals surface area contributed by atoms with Crippen LogP contribution in [0.15, 0.2) is 0 Å². The van der Waals surface area contributed by atoms with Crippen molar-refractivity contribution in [3.63, 3.8) is 0 Å². The number of nitrogens with one attached hydrogen (secondary N) is 1. The van der Waals surface area contributed by atoms with Gasteiger partial charge in [0.25, 0.3) is 0 Å². The van der Waals surface area contributed by atoms with Crippen molar-refractivity contribution in [2.75, 3.05) is 6.54 Å². The van der Waals surface area contributed by atoms with Crippen molar-refractivity contribution in [1.82, 2.24) is 5.32 Å². The number of hydrogen-bond acceptors (Lipinski definition) is 1. The van der Waals surface area contributed by atoms with Gasteiger partial charge in [-0.25, -0.2) is 0 Å². The zero-order chi connectivity index (χ0) is 7.68. The number of piperidine rings is 1. The fraction of sp³-hybridized carbons (Fsp3) is 1.00. The smallest absolute Gasteiger partial charge is 0.00978 e. The number of rotatable bonds is 0. The third-order valence-electron chi connectivity index (χ3n) is 3.56. The summed E-state index contributed by atoms with van der Waals surface area (Å²) in [7, 11) is 0. The molecule has 0 aromatic rings. The van der Waals surface area contributed by atoms with E-state index in [4.69, 9.17) is 0 Å². The van der Waals surface area contributed by atoms with Crippen LogP contribution in [0.1, 0.15) is 39.0 Å². The minimum Gasteiger partial charge on any atom is -0.314 e. The Hall–Kier alpha value is -0.0400. The Labute approximate surface area is 69.6 Å². The van der Waals surface area contributed by atoms with Crippen LogP contribution >= 0.6 is 0 Å². The van der Waals surface area contributed by atoms with E-state index >= 15 is 0 Å². The summed E-state index contributed by atoms with van der Waals surface area (Å²) >= 11 is 0. The zero-order valence-corrected chi connectivity index (χ0v) is 7.47. The van der Waals surface area contributed by atoms with E-state index in [0.717, 1.165) is 17.9 Å². The first-order valence-electron chi connectivity index (χ1n) is 5.11. The van der Waals surface area contributed by atoms with Gasteiger partial charge in [0.1, 0.15) is 0 Å². The minimum absolute atomic E-state index is 0.882. The maximum Gasteiger partial charge on any atom is 0.00978 e. The third-order valence-corrected chi connectivity index (χ3v) is 3.56. The van der Waals surface area contributed by atoms with Crippen LogP contribution in [0.4, 0.5) is 0 Å². The highest BCUT2D eigenvalue weighted by Crippen LogP contribution is 2.34. The van der Waals surface area contributed by atoms with Gasteiger partial charge in [0.15, 0.2) is 0 Å². The molecular weight excluding hydrogens is 134 g/mol. The van der Waals surface area contributed by atoms with E-state index in [1.165, 1.54) is 38.6 Å². The Kier molecular flexibility index (Phi) is 2.17. The molecule has 11 heavy (non-hydrogen) atoms. The molecule has 0 radical (unpaired) electrons. The molecule has 0 aromatic heterocycles. The summed E-state index contributed by atoms with van der Waals surface area (Å²) in [6.07, 6.45) is 7.27. The van der Waals surface area contributed by atoms with Gasteiger partial charge < -0.3 is 5.32 Å². The molecule has 2 rings (SSSR count). The molecule has 1 saturated heterocycles. The second-order valence-corrected chi connectivity index (χ2v) is 4.27. The summed E-state index contributed by atoms with van der Waals surface area (Å²) in [5.41, 5.74) is 0. The Balaban J connectivity index is 1.99. The quantitative estimate of drug-likeness (QED) is 0.562. The summed E-state index contributed by atoms with van der Waals surface area (Å²) in [5.74, 6) is 2.00. The van der Waals surface area contributed by atoms with E-state index < -0.39 is 0 Å². The van der Waals surface area contributed by atoms with Crippen molar-refractivity contribution >= 4 is 0 Å². The van der Waals surface area contributed by atoms with Crippen molar-refractivity contribution in [2.45, 2.75) is 45.1 Å². The van der Waals surface area contributed by atoms with Gasteiger partial charge >= 0.3 is 0 Å².